The third-order valence-electron chi connectivity index (χ3n) is 4.57. The number of benzene rings is 3. The number of carbonyl (C=O) groups excluding carboxylic acids is 2. The number of hydrogen-bond acceptors (Lipinski definition) is 6. The number of fused-ring (bicyclic) bond motifs is 1. The summed E-state index contributed by atoms with van der Waals surface area (Å²) in [4.78, 5) is 25.4. The Bertz CT molecular complexity index is 1040. The molecule has 0 aliphatic rings. The Labute approximate surface area is 181 Å². The highest BCUT2D eigenvalue weighted by atomic mass is 16.5. The second-order valence-corrected chi connectivity index (χ2v) is 6.63. The van der Waals surface area contributed by atoms with Crippen LogP contribution in [-0.4, -0.2) is 38.2 Å². The molecule has 0 bridgehead atoms. The second-order valence-electron chi connectivity index (χ2n) is 6.63. The van der Waals surface area contributed by atoms with Gasteiger partial charge in [0.15, 0.2) is 18.1 Å². The maximum atomic E-state index is 12.7. The lowest BCUT2D eigenvalue weighted by atomic mass is 10.0. The smallest absolute Gasteiger partial charge is 0.338 e. The number of ether oxygens (including phenoxy) is 4. The van der Waals surface area contributed by atoms with E-state index in [1.54, 1.807) is 18.2 Å². The molecule has 0 atom stereocenters. The number of Topliss-reactive ketones (excluding diaryl/α,β-unsaturated/α-hetero) is 1. The molecule has 0 saturated heterocycles. The number of carbonyl (C=O) groups is 2. The van der Waals surface area contributed by atoms with Gasteiger partial charge in [-0.2, -0.15) is 0 Å². The molecule has 31 heavy (non-hydrogen) atoms. The third-order valence-corrected chi connectivity index (χ3v) is 4.57. The van der Waals surface area contributed by atoms with Gasteiger partial charge in [0, 0.05) is 5.56 Å². The van der Waals surface area contributed by atoms with Crippen molar-refractivity contribution >= 4 is 22.5 Å². The molecular weight excluding hydrogens is 396 g/mol. The molecule has 0 aliphatic carbocycles. The van der Waals surface area contributed by atoms with E-state index >= 15 is 0 Å². The highest BCUT2D eigenvalue weighted by Crippen LogP contribution is 2.39. The fraction of sp³-hybridized carbons (Fsp3) is 0.280. The standard InChI is InChI=1S/C25H26O6/c1-4-28-22-14-18(15-23(29-5-2)24(22)30-6-3)25(27)31-16-21(26)20-13-9-11-17-10-7-8-12-19(17)20/h7-15H,4-6,16H2,1-3H3. The monoisotopic (exact) mass is 422 g/mol. The van der Waals surface area contributed by atoms with Crippen LogP contribution in [0.15, 0.2) is 54.6 Å². The van der Waals surface area contributed by atoms with E-state index in [-0.39, 0.29) is 18.0 Å². The van der Waals surface area contributed by atoms with E-state index in [2.05, 4.69) is 0 Å². The molecule has 0 aliphatic heterocycles. The Morgan fingerprint density at radius 2 is 1.39 bits per heavy atom. The highest BCUT2D eigenvalue weighted by Gasteiger charge is 2.20. The van der Waals surface area contributed by atoms with Crippen molar-refractivity contribution in [2.75, 3.05) is 26.4 Å². The van der Waals surface area contributed by atoms with Crippen molar-refractivity contribution in [3.63, 3.8) is 0 Å². The molecule has 0 heterocycles. The third kappa shape index (κ3) is 5.15. The number of rotatable bonds is 10. The lowest BCUT2D eigenvalue weighted by Crippen LogP contribution is -2.15. The van der Waals surface area contributed by atoms with Gasteiger partial charge in [0.05, 0.1) is 25.4 Å². The van der Waals surface area contributed by atoms with Gasteiger partial charge in [-0.05, 0) is 43.7 Å². The fourth-order valence-corrected chi connectivity index (χ4v) is 3.27. The van der Waals surface area contributed by atoms with Crippen LogP contribution in [0.2, 0.25) is 0 Å². The molecule has 0 aromatic heterocycles. The van der Waals surface area contributed by atoms with Gasteiger partial charge in [0.25, 0.3) is 0 Å². The van der Waals surface area contributed by atoms with Crippen molar-refractivity contribution in [3.8, 4) is 17.2 Å². The summed E-state index contributed by atoms with van der Waals surface area (Å²) >= 11 is 0. The molecule has 6 heteroatoms. The largest absolute Gasteiger partial charge is 0.490 e. The van der Waals surface area contributed by atoms with E-state index in [0.29, 0.717) is 42.6 Å². The van der Waals surface area contributed by atoms with E-state index in [9.17, 15) is 9.59 Å². The van der Waals surface area contributed by atoms with Gasteiger partial charge < -0.3 is 18.9 Å². The first-order chi connectivity index (χ1) is 15.1. The van der Waals surface area contributed by atoms with Gasteiger partial charge >= 0.3 is 5.97 Å². The molecule has 0 amide bonds. The van der Waals surface area contributed by atoms with Crippen LogP contribution < -0.4 is 14.2 Å². The van der Waals surface area contributed by atoms with Gasteiger partial charge in [-0.15, -0.1) is 0 Å². The minimum atomic E-state index is -0.640. The highest BCUT2D eigenvalue weighted by molar-refractivity contribution is 6.09. The topological polar surface area (TPSA) is 71.1 Å². The summed E-state index contributed by atoms with van der Waals surface area (Å²) in [5, 5.41) is 1.78. The lowest BCUT2D eigenvalue weighted by molar-refractivity contribution is 0.0474. The Morgan fingerprint density at radius 1 is 0.774 bits per heavy atom. The summed E-state index contributed by atoms with van der Waals surface area (Å²) in [5.41, 5.74) is 0.740. The number of ketones is 1. The van der Waals surface area contributed by atoms with Crippen molar-refractivity contribution in [1.29, 1.82) is 0 Å². The molecule has 162 valence electrons. The van der Waals surface area contributed by atoms with Gasteiger partial charge in [-0.1, -0.05) is 42.5 Å². The summed E-state index contributed by atoms with van der Waals surface area (Å²) in [6, 6.07) is 16.2. The Kier molecular flexibility index (Phi) is 7.49. The summed E-state index contributed by atoms with van der Waals surface area (Å²) in [6.07, 6.45) is 0. The first-order valence-electron chi connectivity index (χ1n) is 10.3. The Balaban J connectivity index is 1.81. The maximum Gasteiger partial charge on any atom is 0.338 e. The van der Waals surface area contributed by atoms with Gasteiger partial charge in [0.2, 0.25) is 11.5 Å². The second kappa shape index (κ2) is 10.5. The van der Waals surface area contributed by atoms with Crippen LogP contribution >= 0.6 is 0 Å². The van der Waals surface area contributed by atoms with Gasteiger partial charge in [-0.3, -0.25) is 4.79 Å². The normalized spacial score (nSPS) is 10.5. The van der Waals surface area contributed by atoms with Gasteiger partial charge in [-0.25, -0.2) is 4.79 Å². The van der Waals surface area contributed by atoms with Crippen molar-refractivity contribution in [2.45, 2.75) is 20.8 Å². The van der Waals surface area contributed by atoms with Crippen molar-refractivity contribution < 1.29 is 28.5 Å². The zero-order chi connectivity index (χ0) is 22.2. The average molecular weight is 422 g/mol. The maximum absolute atomic E-state index is 12.7. The number of esters is 1. The molecule has 0 unspecified atom stereocenters. The molecule has 3 rings (SSSR count). The molecule has 0 spiro atoms. The van der Waals surface area contributed by atoms with Crippen molar-refractivity contribution in [2.24, 2.45) is 0 Å². The molecule has 3 aromatic carbocycles. The van der Waals surface area contributed by atoms with Crippen molar-refractivity contribution in [1.82, 2.24) is 0 Å². The van der Waals surface area contributed by atoms with E-state index in [1.165, 1.54) is 0 Å². The minimum Gasteiger partial charge on any atom is -0.490 e. The predicted molar refractivity (Wildman–Crippen MR) is 119 cm³/mol. The molecule has 0 radical (unpaired) electrons. The van der Waals surface area contributed by atoms with Crippen LogP contribution in [0.1, 0.15) is 41.5 Å². The predicted octanol–water partition coefficient (Wildman–Crippen LogP) is 5.08. The van der Waals surface area contributed by atoms with Crippen LogP contribution in [0.5, 0.6) is 17.2 Å². The van der Waals surface area contributed by atoms with Crippen LogP contribution in [0.25, 0.3) is 10.8 Å². The van der Waals surface area contributed by atoms with Crippen LogP contribution in [0.3, 0.4) is 0 Å². The molecule has 3 aromatic rings. The molecule has 0 N–H and O–H groups in total. The lowest BCUT2D eigenvalue weighted by Gasteiger charge is -2.16. The van der Waals surface area contributed by atoms with Gasteiger partial charge in [0.1, 0.15) is 0 Å². The van der Waals surface area contributed by atoms with E-state index in [1.807, 2.05) is 57.2 Å². The summed E-state index contributed by atoms with van der Waals surface area (Å²) < 4.78 is 22.2. The summed E-state index contributed by atoms with van der Waals surface area (Å²) in [7, 11) is 0. The van der Waals surface area contributed by atoms with E-state index < -0.39 is 5.97 Å². The fourth-order valence-electron chi connectivity index (χ4n) is 3.27. The zero-order valence-corrected chi connectivity index (χ0v) is 18.0. The first kappa shape index (κ1) is 22.2. The first-order valence-corrected chi connectivity index (χ1v) is 10.3. The van der Waals surface area contributed by atoms with Crippen LogP contribution in [0, 0.1) is 0 Å². The molecular formula is C25H26O6. The van der Waals surface area contributed by atoms with E-state index in [4.69, 9.17) is 18.9 Å². The quantitative estimate of drug-likeness (QED) is 0.335. The molecule has 0 saturated carbocycles. The molecule has 6 nitrogen and oxygen atoms in total. The van der Waals surface area contributed by atoms with E-state index in [0.717, 1.165) is 10.8 Å². The Hall–Kier alpha value is -3.54. The van der Waals surface area contributed by atoms with Crippen LogP contribution in [0.4, 0.5) is 0 Å². The molecule has 0 fully saturated rings. The Morgan fingerprint density at radius 3 is 2.03 bits per heavy atom. The van der Waals surface area contributed by atoms with Crippen molar-refractivity contribution in [3.05, 3.63) is 65.7 Å². The summed E-state index contributed by atoms with van der Waals surface area (Å²) in [6.45, 7) is 6.37. The zero-order valence-electron chi connectivity index (χ0n) is 18.0. The number of hydrogen-bond donors (Lipinski definition) is 0. The van der Waals surface area contributed by atoms with Crippen LogP contribution in [-0.2, 0) is 4.74 Å². The minimum absolute atomic E-state index is 0.223. The SMILES string of the molecule is CCOc1cc(C(=O)OCC(=O)c2cccc3ccccc23)cc(OCC)c1OCC. The average Bonchev–Trinajstić information content (AvgIpc) is 2.79. The summed E-state index contributed by atoms with van der Waals surface area (Å²) in [5.74, 6) is 0.310.